The van der Waals surface area contributed by atoms with Crippen LogP contribution >= 0.6 is 0 Å². The monoisotopic (exact) mass is 888 g/mol. The van der Waals surface area contributed by atoms with Crippen LogP contribution in [0.5, 0.6) is 0 Å². The maximum Gasteiger partial charge on any atom is 0.262 e. The zero-order valence-electron chi connectivity index (χ0n) is 36.7. The van der Waals surface area contributed by atoms with Crippen molar-refractivity contribution in [2.45, 2.75) is 82.2 Å². The van der Waals surface area contributed by atoms with Crippen molar-refractivity contribution in [3.8, 4) is 28.3 Å². The highest BCUT2D eigenvalue weighted by molar-refractivity contribution is 6.24. The molecule has 15 heteroatoms. The van der Waals surface area contributed by atoms with Gasteiger partial charge in [-0.05, 0) is 117 Å². The number of aromatic nitrogens is 4. The van der Waals surface area contributed by atoms with Crippen molar-refractivity contribution in [1.29, 1.82) is 0 Å². The summed E-state index contributed by atoms with van der Waals surface area (Å²) in [6.07, 6.45) is 8.25. The van der Waals surface area contributed by atoms with E-state index in [1.807, 2.05) is 41.0 Å². The Labute approximate surface area is 381 Å². The van der Waals surface area contributed by atoms with Crippen molar-refractivity contribution in [2.75, 3.05) is 32.2 Å². The number of pyridine rings is 2. The third-order valence-electron chi connectivity index (χ3n) is 12.9. The maximum absolute atomic E-state index is 13.3. The Bertz CT molecular complexity index is 2830. The van der Waals surface area contributed by atoms with Crippen LogP contribution < -0.4 is 16.8 Å². The van der Waals surface area contributed by atoms with E-state index in [4.69, 9.17) is 30.9 Å². The van der Waals surface area contributed by atoms with Gasteiger partial charge in [-0.25, -0.2) is 15.0 Å². The predicted octanol–water partition coefficient (Wildman–Crippen LogP) is 6.42. The fourth-order valence-corrected chi connectivity index (χ4v) is 9.11. The van der Waals surface area contributed by atoms with Crippen molar-refractivity contribution < 1.29 is 33.4 Å². The van der Waals surface area contributed by atoms with Crippen molar-refractivity contribution in [3.63, 3.8) is 0 Å². The molecular formula is C51H52N8O7. The van der Waals surface area contributed by atoms with Gasteiger partial charge in [-0.1, -0.05) is 42.5 Å². The first-order valence-electron chi connectivity index (χ1n) is 22.7. The third kappa shape index (κ3) is 9.14. The van der Waals surface area contributed by atoms with Gasteiger partial charge in [0.1, 0.15) is 23.2 Å². The molecule has 2 fully saturated rings. The first kappa shape index (κ1) is 44.3. The van der Waals surface area contributed by atoms with Crippen LogP contribution in [0.4, 0.5) is 5.82 Å². The second-order valence-corrected chi connectivity index (χ2v) is 17.3. The Kier molecular flexibility index (Phi) is 12.9. The number of imidazole rings is 1. The summed E-state index contributed by atoms with van der Waals surface area (Å²) in [7, 11) is 0. The Balaban J connectivity index is 0.728. The summed E-state index contributed by atoms with van der Waals surface area (Å²) in [6.45, 7) is 1.42. The molecule has 0 bridgehead atoms. The number of aryl methyl sites for hydroxylation is 2. The van der Waals surface area contributed by atoms with Crippen LogP contribution in [0.15, 0.2) is 97.2 Å². The number of ketones is 1. The van der Waals surface area contributed by atoms with E-state index >= 15 is 0 Å². The summed E-state index contributed by atoms with van der Waals surface area (Å²) in [5.74, 6) is -0.905. The summed E-state index contributed by atoms with van der Waals surface area (Å²) in [6, 6.07) is 28.4. The van der Waals surface area contributed by atoms with Gasteiger partial charge in [0.15, 0.2) is 11.5 Å². The second-order valence-electron chi connectivity index (χ2n) is 17.3. The molecule has 1 saturated carbocycles. The summed E-state index contributed by atoms with van der Waals surface area (Å²) in [5, 5.41) is 2.22. The largest absolute Gasteiger partial charge is 0.383 e. The number of nitrogens with zero attached hydrogens (tertiary/aromatic N) is 5. The van der Waals surface area contributed by atoms with Gasteiger partial charge in [-0.3, -0.25) is 38.8 Å². The molecule has 4 amide bonds. The molecular weight excluding hydrogens is 837 g/mol. The molecule has 1 aliphatic carbocycles. The van der Waals surface area contributed by atoms with Gasteiger partial charge in [-0.15, -0.1) is 0 Å². The van der Waals surface area contributed by atoms with E-state index in [0.29, 0.717) is 92.5 Å². The van der Waals surface area contributed by atoms with Gasteiger partial charge >= 0.3 is 0 Å². The van der Waals surface area contributed by atoms with Crippen LogP contribution in [0.25, 0.3) is 39.5 Å². The SMILES string of the molecule is Nc1ncccc1-c1nc2ccc(-c3cccc(CCCC(=O)CCOCCOCCCc4cccc5c4C(=O)N(C4CCC(=O)NC4=O)C5=O)c3)nc2n1-c1ccc(C2(N)CCC2)cc1. The quantitative estimate of drug-likeness (QED) is 0.0594. The number of nitrogens with one attached hydrogen (secondary N) is 1. The van der Waals surface area contributed by atoms with Crippen molar-refractivity contribution >= 4 is 46.4 Å². The number of hydrogen-bond acceptors (Lipinski definition) is 12. The molecule has 1 atom stereocenters. The number of fused-ring (bicyclic) bond motifs is 2. The molecule has 3 aromatic heterocycles. The van der Waals surface area contributed by atoms with E-state index in [9.17, 15) is 24.0 Å². The van der Waals surface area contributed by atoms with Gasteiger partial charge in [0.2, 0.25) is 11.8 Å². The lowest BCUT2D eigenvalue weighted by atomic mass is 9.73. The summed E-state index contributed by atoms with van der Waals surface area (Å²) in [5.41, 5.74) is 21.1. The minimum absolute atomic E-state index is 0.0684. The van der Waals surface area contributed by atoms with E-state index in [2.05, 4.69) is 46.7 Å². The summed E-state index contributed by atoms with van der Waals surface area (Å²) < 4.78 is 13.5. The topological polar surface area (TPSA) is 215 Å². The number of Topliss-reactive ketones (excluding diaryl/α,β-unsaturated/α-hetero) is 1. The Morgan fingerprint density at radius 3 is 2.36 bits per heavy atom. The highest BCUT2D eigenvalue weighted by Crippen LogP contribution is 2.40. The molecule has 5 heterocycles. The number of carbonyl (C=O) groups is 5. The summed E-state index contributed by atoms with van der Waals surface area (Å²) >= 11 is 0. The lowest BCUT2D eigenvalue weighted by Gasteiger charge is -2.38. The Hall–Kier alpha value is -6.94. The summed E-state index contributed by atoms with van der Waals surface area (Å²) in [4.78, 5) is 78.7. The molecule has 3 aromatic carbocycles. The number of anilines is 1. The lowest BCUT2D eigenvalue weighted by Crippen LogP contribution is -2.54. The van der Waals surface area contributed by atoms with E-state index in [1.54, 1.807) is 24.4 Å². The predicted molar refractivity (Wildman–Crippen MR) is 247 cm³/mol. The molecule has 2 aliphatic heterocycles. The first-order chi connectivity index (χ1) is 32.1. The minimum atomic E-state index is -1.00. The molecule has 1 unspecified atom stereocenters. The number of imide groups is 2. The number of hydrogen-bond donors (Lipinski definition) is 3. The molecule has 338 valence electrons. The van der Waals surface area contributed by atoms with Gasteiger partial charge < -0.3 is 20.9 Å². The Morgan fingerprint density at radius 1 is 0.803 bits per heavy atom. The van der Waals surface area contributed by atoms with Crippen LogP contribution in [-0.2, 0) is 42.2 Å². The van der Waals surface area contributed by atoms with Crippen molar-refractivity contribution in [3.05, 3.63) is 125 Å². The number of piperidine rings is 1. The number of ether oxygens (including phenoxy) is 2. The van der Waals surface area contributed by atoms with Crippen LogP contribution in [0.3, 0.4) is 0 Å². The number of carbonyl (C=O) groups excluding carboxylic acids is 5. The third-order valence-corrected chi connectivity index (χ3v) is 12.9. The van der Waals surface area contributed by atoms with E-state index < -0.39 is 29.7 Å². The number of nitrogens with two attached hydrogens (primary N) is 2. The standard InChI is InChI=1S/C51H52N8O7/c52-45-39(14-4-26-54-45)46-56-41-20-19-40(55-47(41)58(46)36-17-15-35(16-18-36)51(53)24-6-25-51)34-10-1-7-32(31-34)8-2-12-37(60)23-28-66-30-29-65-27-5-11-33-9-3-13-38-44(33)50(64)59(49(38)63)42-21-22-43(61)57-48(42)62/h1,3-4,7,9-10,13-20,26,31,42H,2,5-6,8,11-12,21-25,27-30,53H2,(H2,52,54)(H,57,61,62). The lowest BCUT2D eigenvalue weighted by molar-refractivity contribution is -0.136. The van der Waals surface area contributed by atoms with Crippen LogP contribution in [0, 0.1) is 0 Å². The van der Waals surface area contributed by atoms with Crippen LogP contribution in [-0.4, -0.2) is 86.3 Å². The molecule has 3 aliphatic rings. The highest BCUT2D eigenvalue weighted by Gasteiger charge is 2.45. The Morgan fingerprint density at radius 2 is 1.59 bits per heavy atom. The van der Waals surface area contributed by atoms with Gasteiger partial charge in [-0.2, -0.15) is 0 Å². The molecule has 6 aromatic rings. The zero-order valence-corrected chi connectivity index (χ0v) is 36.7. The van der Waals surface area contributed by atoms with Gasteiger partial charge in [0, 0.05) is 48.9 Å². The zero-order chi connectivity index (χ0) is 45.8. The molecule has 15 nitrogen and oxygen atoms in total. The minimum Gasteiger partial charge on any atom is -0.383 e. The number of benzene rings is 3. The fourth-order valence-electron chi connectivity index (χ4n) is 9.11. The van der Waals surface area contributed by atoms with Crippen LogP contribution in [0.1, 0.15) is 95.2 Å². The van der Waals surface area contributed by atoms with E-state index in [1.165, 1.54) is 0 Å². The molecule has 1 saturated heterocycles. The highest BCUT2D eigenvalue weighted by atomic mass is 16.5. The number of nitrogen functional groups attached to an aromatic ring is 1. The van der Waals surface area contributed by atoms with Crippen LogP contribution in [0.2, 0.25) is 0 Å². The normalized spacial score (nSPS) is 16.7. The van der Waals surface area contributed by atoms with Crippen molar-refractivity contribution in [2.24, 2.45) is 5.73 Å². The second kappa shape index (κ2) is 19.3. The smallest absolute Gasteiger partial charge is 0.262 e. The molecule has 9 rings (SSSR count). The fraction of sp³-hybridized carbons (Fsp3) is 0.333. The molecule has 66 heavy (non-hydrogen) atoms. The number of amides is 4. The van der Waals surface area contributed by atoms with Gasteiger partial charge in [0.05, 0.1) is 42.2 Å². The van der Waals surface area contributed by atoms with E-state index in [0.717, 1.165) is 64.2 Å². The number of rotatable bonds is 19. The van der Waals surface area contributed by atoms with E-state index in [-0.39, 0.29) is 29.7 Å². The first-order valence-corrected chi connectivity index (χ1v) is 22.7. The molecule has 0 radical (unpaired) electrons. The molecule has 0 spiro atoms. The average Bonchev–Trinajstić information content (AvgIpc) is 3.81. The maximum atomic E-state index is 13.3. The molecule has 5 N–H and O–H groups in total. The average molecular weight is 889 g/mol. The van der Waals surface area contributed by atoms with Gasteiger partial charge in [0.25, 0.3) is 11.8 Å². The van der Waals surface area contributed by atoms with Crippen molar-refractivity contribution in [1.82, 2.24) is 29.7 Å².